The summed E-state index contributed by atoms with van der Waals surface area (Å²) in [6, 6.07) is 0.130. The first-order chi connectivity index (χ1) is 8.62. The summed E-state index contributed by atoms with van der Waals surface area (Å²) in [5.74, 6) is 0. The van der Waals surface area contributed by atoms with Crippen LogP contribution in [0.5, 0.6) is 0 Å². The molecule has 112 valence electrons. The van der Waals surface area contributed by atoms with E-state index >= 15 is 0 Å². The van der Waals surface area contributed by atoms with Crippen LogP contribution in [0.2, 0.25) is 0 Å². The van der Waals surface area contributed by atoms with Gasteiger partial charge in [-0.2, -0.15) is 0 Å². The second kappa shape index (κ2) is 5.70. The van der Waals surface area contributed by atoms with Crippen LogP contribution in [-0.2, 0) is 0 Å². The molecule has 0 aromatic rings. The Morgan fingerprint density at radius 2 is 1.74 bits per heavy atom. The summed E-state index contributed by atoms with van der Waals surface area (Å²) in [6.07, 6.45) is 3.02. The molecule has 0 aromatic carbocycles. The zero-order chi connectivity index (χ0) is 14.8. The van der Waals surface area contributed by atoms with Crippen LogP contribution in [0.1, 0.15) is 60.3 Å². The number of unbranched alkanes of at least 4 members (excludes halogenated alkanes) is 1. The molecule has 0 saturated carbocycles. The van der Waals surface area contributed by atoms with Crippen molar-refractivity contribution in [2.75, 3.05) is 13.6 Å². The molecule has 1 aliphatic heterocycles. The number of carboxylic acid groups (broad SMARTS) is 1. The van der Waals surface area contributed by atoms with Gasteiger partial charge in [-0.1, -0.05) is 13.3 Å². The highest BCUT2D eigenvalue weighted by Gasteiger charge is 2.45. The van der Waals surface area contributed by atoms with E-state index in [0.717, 1.165) is 25.7 Å². The fourth-order valence-electron chi connectivity index (χ4n) is 3.30. The Labute approximate surface area is 117 Å². The predicted molar refractivity (Wildman–Crippen MR) is 78.6 cm³/mol. The van der Waals surface area contributed by atoms with E-state index in [9.17, 15) is 9.90 Å². The maximum atomic E-state index is 11.5. The van der Waals surface area contributed by atoms with E-state index in [1.165, 1.54) is 0 Å². The lowest BCUT2D eigenvalue weighted by atomic mass is 9.77. The highest BCUT2D eigenvalue weighted by atomic mass is 16.4. The van der Waals surface area contributed by atoms with Gasteiger partial charge in [-0.3, -0.25) is 4.90 Å². The van der Waals surface area contributed by atoms with Crippen molar-refractivity contribution in [2.24, 2.45) is 0 Å². The molecule has 0 atom stereocenters. The second-order valence-electron chi connectivity index (χ2n) is 7.08. The number of carbonyl (C=O) groups is 1. The molecule has 0 bridgehead atoms. The first kappa shape index (κ1) is 16.3. The Morgan fingerprint density at radius 1 is 1.26 bits per heavy atom. The lowest BCUT2D eigenvalue weighted by Crippen LogP contribution is -2.63. The summed E-state index contributed by atoms with van der Waals surface area (Å²) in [5.41, 5.74) is 0.0681. The van der Waals surface area contributed by atoms with Gasteiger partial charge in [-0.05, 0) is 54.0 Å². The Morgan fingerprint density at radius 3 is 2.11 bits per heavy atom. The van der Waals surface area contributed by atoms with Crippen molar-refractivity contribution < 1.29 is 9.90 Å². The molecular weight excluding hydrogens is 240 g/mol. The molecule has 0 aliphatic carbocycles. The smallest absolute Gasteiger partial charge is 0.407 e. The third-order valence-corrected chi connectivity index (χ3v) is 4.73. The minimum absolute atomic E-state index is 0.0341. The maximum absolute atomic E-state index is 11.5. The molecule has 19 heavy (non-hydrogen) atoms. The topological polar surface area (TPSA) is 43.8 Å². The molecule has 1 saturated heterocycles. The molecule has 1 aliphatic rings. The Hall–Kier alpha value is -0.770. The second-order valence-corrected chi connectivity index (χ2v) is 7.08. The predicted octanol–water partition coefficient (Wildman–Crippen LogP) is 3.42. The Bertz CT molecular complexity index is 308. The fourth-order valence-corrected chi connectivity index (χ4v) is 3.30. The summed E-state index contributed by atoms with van der Waals surface area (Å²) < 4.78 is 0. The summed E-state index contributed by atoms with van der Waals surface area (Å²) in [5, 5.41) is 9.47. The number of hydrogen-bond acceptors (Lipinski definition) is 2. The van der Waals surface area contributed by atoms with Crippen molar-refractivity contribution in [3.8, 4) is 0 Å². The first-order valence-corrected chi connectivity index (χ1v) is 7.35. The Balaban J connectivity index is 2.90. The first-order valence-electron chi connectivity index (χ1n) is 7.35. The number of likely N-dealkylation sites (tertiary alicyclic amines) is 1. The number of amides is 1. The van der Waals surface area contributed by atoms with Crippen molar-refractivity contribution in [1.29, 1.82) is 0 Å². The zero-order valence-corrected chi connectivity index (χ0v) is 13.4. The van der Waals surface area contributed by atoms with Crippen LogP contribution < -0.4 is 0 Å². The van der Waals surface area contributed by atoms with Crippen molar-refractivity contribution in [1.82, 2.24) is 9.80 Å². The summed E-state index contributed by atoms with van der Waals surface area (Å²) in [4.78, 5) is 15.6. The zero-order valence-electron chi connectivity index (χ0n) is 13.4. The van der Waals surface area contributed by atoms with E-state index in [2.05, 4.69) is 46.6 Å². The largest absolute Gasteiger partial charge is 0.465 e. The van der Waals surface area contributed by atoms with Gasteiger partial charge < -0.3 is 10.0 Å². The molecule has 1 rings (SSSR count). The lowest BCUT2D eigenvalue weighted by Gasteiger charge is -2.55. The summed E-state index contributed by atoms with van der Waals surface area (Å²) in [6.45, 7) is 11.6. The standard InChI is InChI=1S/C15H30N2O2/c1-7-8-9-17(13(18)19)12-10-14(2,3)16(6)15(4,5)11-12/h12H,7-11H2,1-6H3,(H,18,19). The van der Waals surface area contributed by atoms with E-state index in [0.29, 0.717) is 6.54 Å². The van der Waals surface area contributed by atoms with E-state index in [-0.39, 0.29) is 17.1 Å². The average Bonchev–Trinajstić information content (AvgIpc) is 2.25. The van der Waals surface area contributed by atoms with Crippen LogP contribution >= 0.6 is 0 Å². The third-order valence-electron chi connectivity index (χ3n) is 4.73. The lowest BCUT2D eigenvalue weighted by molar-refractivity contribution is -0.0427. The SMILES string of the molecule is CCCCN(C(=O)O)C1CC(C)(C)N(C)C(C)(C)C1. The van der Waals surface area contributed by atoms with Crippen LogP contribution in [0.25, 0.3) is 0 Å². The van der Waals surface area contributed by atoms with Crippen LogP contribution in [0.3, 0.4) is 0 Å². The molecule has 4 heteroatoms. The fraction of sp³-hybridized carbons (Fsp3) is 0.933. The third kappa shape index (κ3) is 3.62. The molecular formula is C15H30N2O2. The number of nitrogens with zero attached hydrogens (tertiary/aromatic N) is 2. The van der Waals surface area contributed by atoms with Crippen molar-refractivity contribution in [3.05, 3.63) is 0 Å². The number of hydrogen-bond donors (Lipinski definition) is 1. The monoisotopic (exact) mass is 270 g/mol. The van der Waals surface area contributed by atoms with Crippen LogP contribution in [0.4, 0.5) is 4.79 Å². The molecule has 0 spiro atoms. The summed E-state index contributed by atoms with van der Waals surface area (Å²) in [7, 11) is 2.15. The van der Waals surface area contributed by atoms with Crippen LogP contribution in [0.15, 0.2) is 0 Å². The van der Waals surface area contributed by atoms with Gasteiger partial charge in [0, 0.05) is 23.7 Å². The van der Waals surface area contributed by atoms with Crippen LogP contribution in [-0.4, -0.2) is 51.7 Å². The molecule has 1 fully saturated rings. The highest BCUT2D eigenvalue weighted by Crippen LogP contribution is 2.38. The average molecular weight is 270 g/mol. The molecule has 0 aromatic heterocycles. The van der Waals surface area contributed by atoms with Crippen molar-refractivity contribution in [3.63, 3.8) is 0 Å². The molecule has 1 heterocycles. The van der Waals surface area contributed by atoms with Gasteiger partial charge in [0.05, 0.1) is 0 Å². The molecule has 1 amide bonds. The number of piperidine rings is 1. The normalized spacial score (nSPS) is 23.3. The van der Waals surface area contributed by atoms with Gasteiger partial charge in [-0.25, -0.2) is 4.79 Å². The van der Waals surface area contributed by atoms with Gasteiger partial charge >= 0.3 is 6.09 Å². The van der Waals surface area contributed by atoms with E-state index in [4.69, 9.17) is 0 Å². The molecule has 1 N–H and O–H groups in total. The van der Waals surface area contributed by atoms with Gasteiger partial charge in [0.15, 0.2) is 0 Å². The van der Waals surface area contributed by atoms with E-state index < -0.39 is 6.09 Å². The number of rotatable bonds is 4. The summed E-state index contributed by atoms with van der Waals surface area (Å²) >= 11 is 0. The maximum Gasteiger partial charge on any atom is 0.407 e. The molecule has 0 unspecified atom stereocenters. The van der Waals surface area contributed by atoms with E-state index in [1.807, 2.05) is 0 Å². The minimum atomic E-state index is -0.769. The van der Waals surface area contributed by atoms with Crippen LogP contribution in [0, 0.1) is 0 Å². The van der Waals surface area contributed by atoms with Gasteiger partial charge in [-0.15, -0.1) is 0 Å². The molecule has 4 nitrogen and oxygen atoms in total. The quantitative estimate of drug-likeness (QED) is 0.851. The van der Waals surface area contributed by atoms with Crippen molar-refractivity contribution in [2.45, 2.75) is 77.4 Å². The van der Waals surface area contributed by atoms with E-state index in [1.54, 1.807) is 4.90 Å². The molecule has 0 radical (unpaired) electrons. The van der Waals surface area contributed by atoms with Crippen molar-refractivity contribution >= 4 is 6.09 Å². The van der Waals surface area contributed by atoms with Gasteiger partial charge in [0.1, 0.15) is 0 Å². The highest BCUT2D eigenvalue weighted by molar-refractivity contribution is 5.65. The van der Waals surface area contributed by atoms with Gasteiger partial charge in [0.2, 0.25) is 0 Å². The van der Waals surface area contributed by atoms with Gasteiger partial charge in [0.25, 0.3) is 0 Å². The Kier molecular flexibility index (Phi) is 4.88. The minimum Gasteiger partial charge on any atom is -0.465 e.